The summed E-state index contributed by atoms with van der Waals surface area (Å²) in [6.07, 6.45) is -1.28. The van der Waals surface area contributed by atoms with Crippen molar-refractivity contribution in [1.82, 2.24) is 10.6 Å². The third-order valence-electron chi connectivity index (χ3n) is 19.1. The maximum absolute atomic E-state index is 13.5. The molecule has 0 aliphatic carbocycles. The summed E-state index contributed by atoms with van der Waals surface area (Å²) in [5.41, 5.74) is 0. The molecule has 0 spiro atoms. The number of carbonyl (C=O) groups excluding carboxylic acids is 2. The predicted molar refractivity (Wildman–Crippen MR) is 353 cm³/mol. The first-order chi connectivity index (χ1) is 46.6. The minimum atomic E-state index is -3.28. The first-order valence-electron chi connectivity index (χ1n) is 36.6. The van der Waals surface area contributed by atoms with Gasteiger partial charge in [-0.15, -0.1) is 0 Å². The summed E-state index contributed by atoms with van der Waals surface area (Å²) in [4.78, 5) is 39.3. The molecule has 2 amide bonds. The lowest BCUT2D eigenvalue weighted by molar-refractivity contribution is -0.403. The first kappa shape index (κ1) is 86.7. The molecule has 0 aromatic rings. The van der Waals surface area contributed by atoms with Crippen LogP contribution in [0.1, 0.15) is 233 Å². The lowest BCUT2D eigenvalue weighted by Crippen LogP contribution is -2.71. The Morgan fingerprint density at radius 2 is 1.00 bits per heavy atom. The van der Waals surface area contributed by atoms with Gasteiger partial charge in [-0.3, -0.25) is 9.59 Å². The lowest BCUT2D eigenvalue weighted by atomic mass is 9.90. The number of ether oxygens (including phenoxy) is 8. The Morgan fingerprint density at radius 3 is 1.48 bits per heavy atom. The number of aliphatic hydroxyl groups excluding tert-OH is 14. The van der Waals surface area contributed by atoms with E-state index in [-0.39, 0.29) is 12.3 Å². The SMILES string of the molecule is CCCCCCCCCCCCC/C=C/[C@@H](O)[C@H](CO[C@@H]1OC(CO)[C@@H](O[C@@H]2OC(CO)[C@H](O[C@@H]3OC(CO)[C@H](O)[C@H](O)C3NC(C)=O)[C@H](O[C@]3(C(=O)O)CC(O)[C@@H](O)C([C@H](O)[C@H](O)CO)O3)C2O)[C@H](O)C1O)NC(=O)CCCCCCCCCCCCCCCCCCCCC. The summed E-state index contributed by atoms with van der Waals surface area (Å²) < 4.78 is 47.4. The van der Waals surface area contributed by atoms with Crippen LogP contribution in [0.5, 0.6) is 0 Å². The van der Waals surface area contributed by atoms with Gasteiger partial charge in [-0.1, -0.05) is 206 Å². The Morgan fingerprint density at radius 1 is 0.536 bits per heavy atom. The minimum Gasteiger partial charge on any atom is -0.477 e. The largest absolute Gasteiger partial charge is 0.477 e. The highest BCUT2D eigenvalue weighted by atomic mass is 16.8. The Hall–Kier alpha value is -2.73. The fourth-order valence-corrected chi connectivity index (χ4v) is 13.1. The first-order valence-corrected chi connectivity index (χ1v) is 36.6. The average molecular weight is 1400 g/mol. The molecule has 23 atom stereocenters. The minimum absolute atomic E-state index is 0.166. The van der Waals surface area contributed by atoms with Gasteiger partial charge in [0.25, 0.3) is 5.79 Å². The smallest absolute Gasteiger partial charge is 0.364 e. The van der Waals surface area contributed by atoms with Gasteiger partial charge >= 0.3 is 5.97 Å². The number of allylic oxidation sites excluding steroid dienone is 1. The van der Waals surface area contributed by atoms with Crippen LogP contribution >= 0.6 is 0 Å². The van der Waals surface area contributed by atoms with Crippen LogP contribution in [0.4, 0.5) is 0 Å². The van der Waals surface area contributed by atoms with E-state index in [9.17, 15) is 91.0 Å². The molecule has 8 unspecified atom stereocenters. The van der Waals surface area contributed by atoms with E-state index >= 15 is 0 Å². The zero-order valence-corrected chi connectivity index (χ0v) is 57.9. The molecule has 0 saturated carbocycles. The lowest BCUT2D eigenvalue weighted by Gasteiger charge is -2.52. The molecule has 4 rings (SSSR count). The summed E-state index contributed by atoms with van der Waals surface area (Å²) in [6.45, 7) is 0.772. The zero-order chi connectivity index (χ0) is 71.3. The van der Waals surface area contributed by atoms with Crippen LogP contribution in [0.2, 0.25) is 0 Å². The molecular weight excluding hydrogens is 1270 g/mol. The molecule has 4 aliphatic rings. The van der Waals surface area contributed by atoms with Crippen LogP contribution in [0.3, 0.4) is 0 Å². The van der Waals surface area contributed by atoms with E-state index in [2.05, 4.69) is 24.5 Å². The van der Waals surface area contributed by atoms with Gasteiger partial charge in [0, 0.05) is 19.8 Å². The van der Waals surface area contributed by atoms with Crippen LogP contribution in [-0.4, -0.2) is 268 Å². The Bertz CT molecular complexity index is 2120. The van der Waals surface area contributed by atoms with E-state index in [0.29, 0.717) is 12.8 Å². The van der Waals surface area contributed by atoms with Gasteiger partial charge in [-0.2, -0.15) is 0 Å². The molecule has 97 heavy (non-hydrogen) atoms. The van der Waals surface area contributed by atoms with Crippen molar-refractivity contribution in [2.75, 3.05) is 33.0 Å². The number of rotatable bonds is 52. The highest BCUT2D eigenvalue weighted by molar-refractivity contribution is 5.76. The molecule has 0 radical (unpaired) electrons. The highest BCUT2D eigenvalue weighted by Crippen LogP contribution is 2.40. The number of carboxylic acids is 1. The summed E-state index contributed by atoms with van der Waals surface area (Å²) >= 11 is 0. The number of carboxylic acid groups (broad SMARTS) is 1. The van der Waals surface area contributed by atoms with Gasteiger partial charge in [0.2, 0.25) is 11.8 Å². The number of aliphatic hydroxyl groups is 14. The standard InChI is InChI=1S/C69H126N2O26/c1-4-6-8-10-12-14-16-18-19-20-21-22-23-25-27-29-31-33-35-37-52(80)71-45(46(77)36-34-32-30-28-26-24-17-15-13-11-9-7-5-2)43-90-66-59(86)58(85)61(50(41-74)92-66)94-67-60(87)64(97-69(68(88)89)38-47(78)54(81)63(96-69)55(82)48(79)39-72)62(51(42-75)93-67)95-65-53(70-44(3)76)57(84)56(83)49(40-73)91-65/h34,36,45-51,53-67,72-75,77-79,81-87H,4-33,35,37-43H2,1-3H3,(H,70,76)(H,71,80)(H,88,89)/b36-34+/t45-,46+,47?,48+,49?,50?,51?,53?,54+,55+,56-,57+,58+,59?,60?,61+,62-,63?,64+,65-,66+,67-,69-/m0/s1. The second kappa shape index (κ2) is 48.3. The van der Waals surface area contributed by atoms with Crippen molar-refractivity contribution in [1.29, 1.82) is 0 Å². The van der Waals surface area contributed by atoms with Crippen molar-refractivity contribution in [2.24, 2.45) is 0 Å². The Labute approximate surface area is 573 Å². The zero-order valence-electron chi connectivity index (χ0n) is 57.9. The Balaban J connectivity index is 1.47. The molecule has 17 N–H and O–H groups in total. The number of aliphatic carboxylic acids is 1. The maximum atomic E-state index is 13.5. The van der Waals surface area contributed by atoms with Gasteiger partial charge in [0.1, 0.15) is 97.6 Å². The van der Waals surface area contributed by atoms with Crippen molar-refractivity contribution in [3.05, 3.63) is 12.2 Å². The van der Waals surface area contributed by atoms with Crippen LogP contribution in [0, 0.1) is 0 Å². The number of hydrogen-bond donors (Lipinski definition) is 17. The van der Waals surface area contributed by atoms with Gasteiger partial charge in [0.15, 0.2) is 18.9 Å². The van der Waals surface area contributed by atoms with Crippen LogP contribution in [0.25, 0.3) is 0 Å². The monoisotopic (exact) mass is 1400 g/mol. The molecule has 4 heterocycles. The van der Waals surface area contributed by atoms with E-state index in [0.717, 1.165) is 58.3 Å². The van der Waals surface area contributed by atoms with Crippen molar-refractivity contribution < 1.29 is 129 Å². The van der Waals surface area contributed by atoms with Gasteiger partial charge in [0.05, 0.1) is 51.3 Å². The third kappa shape index (κ3) is 29.1. The molecule has 4 fully saturated rings. The van der Waals surface area contributed by atoms with Crippen LogP contribution in [-0.2, 0) is 52.3 Å². The quantitative estimate of drug-likeness (QED) is 0.0307. The normalized spacial score (nSPS) is 32.2. The summed E-state index contributed by atoms with van der Waals surface area (Å²) in [5, 5.41) is 170. The molecule has 0 bridgehead atoms. The van der Waals surface area contributed by atoms with E-state index < -0.39 is 192 Å². The molecule has 568 valence electrons. The number of unbranched alkanes of at least 4 members (excludes halogenated alkanes) is 29. The van der Waals surface area contributed by atoms with Gasteiger partial charge < -0.3 is 125 Å². The van der Waals surface area contributed by atoms with Crippen molar-refractivity contribution >= 4 is 17.8 Å². The van der Waals surface area contributed by atoms with Crippen molar-refractivity contribution in [2.45, 2.75) is 373 Å². The number of nitrogens with one attached hydrogen (secondary N) is 2. The van der Waals surface area contributed by atoms with Gasteiger partial charge in [-0.25, -0.2) is 4.79 Å². The summed E-state index contributed by atoms with van der Waals surface area (Å²) in [6, 6.07) is -2.80. The third-order valence-corrected chi connectivity index (χ3v) is 19.1. The summed E-state index contributed by atoms with van der Waals surface area (Å²) in [5.74, 6) is -6.53. The van der Waals surface area contributed by atoms with E-state index in [4.69, 9.17) is 37.9 Å². The van der Waals surface area contributed by atoms with E-state index in [1.165, 1.54) is 135 Å². The van der Waals surface area contributed by atoms with Crippen molar-refractivity contribution in [3.63, 3.8) is 0 Å². The number of amides is 2. The van der Waals surface area contributed by atoms with Crippen LogP contribution < -0.4 is 10.6 Å². The fraction of sp³-hybridized carbons (Fsp3) is 0.928. The van der Waals surface area contributed by atoms with Crippen molar-refractivity contribution in [3.8, 4) is 0 Å². The molecule has 4 saturated heterocycles. The topological polar surface area (TPSA) is 453 Å². The highest BCUT2D eigenvalue weighted by Gasteiger charge is 2.61. The second-order valence-corrected chi connectivity index (χ2v) is 27.1. The molecule has 4 aliphatic heterocycles. The second-order valence-electron chi connectivity index (χ2n) is 27.1. The fourth-order valence-electron chi connectivity index (χ4n) is 13.1. The Kier molecular flexibility index (Phi) is 43.1. The van der Waals surface area contributed by atoms with Gasteiger partial charge in [-0.05, 0) is 19.3 Å². The molecule has 28 heteroatoms. The van der Waals surface area contributed by atoms with Crippen LogP contribution in [0.15, 0.2) is 12.2 Å². The maximum Gasteiger partial charge on any atom is 0.364 e. The number of hydrogen-bond acceptors (Lipinski definition) is 25. The molecular formula is C69H126N2O26. The number of carbonyl (C=O) groups is 3. The average Bonchev–Trinajstić information content (AvgIpc) is 0.755. The summed E-state index contributed by atoms with van der Waals surface area (Å²) in [7, 11) is 0. The molecule has 0 aromatic heterocycles. The molecule has 28 nitrogen and oxygen atoms in total. The predicted octanol–water partition coefficient (Wildman–Crippen LogP) is 2.55. The van der Waals surface area contributed by atoms with E-state index in [1.807, 2.05) is 6.08 Å². The van der Waals surface area contributed by atoms with E-state index in [1.54, 1.807) is 6.08 Å². The molecule has 0 aromatic carbocycles.